The van der Waals surface area contributed by atoms with Gasteiger partial charge in [-0.1, -0.05) is 0 Å². The van der Waals surface area contributed by atoms with Crippen molar-refractivity contribution in [3.05, 3.63) is 38.8 Å². The fraction of sp³-hybridized carbons (Fsp3) is 0.438. The van der Waals surface area contributed by atoms with E-state index in [0.717, 1.165) is 23.4 Å². The van der Waals surface area contributed by atoms with Crippen LogP contribution in [0.15, 0.2) is 33.1 Å². The lowest BCUT2D eigenvalue weighted by Crippen LogP contribution is -2.48. The Morgan fingerprint density at radius 2 is 1.96 bits per heavy atom. The van der Waals surface area contributed by atoms with Crippen LogP contribution < -0.4 is 4.72 Å². The number of rotatable bonds is 5. The van der Waals surface area contributed by atoms with Gasteiger partial charge in [-0.15, -0.1) is 11.3 Å². The van der Waals surface area contributed by atoms with E-state index in [-0.39, 0.29) is 10.8 Å². The van der Waals surface area contributed by atoms with Gasteiger partial charge in [0.25, 0.3) is 5.91 Å². The number of sulfonamides is 1. The Hall–Kier alpha value is -1.20. The molecule has 7 nitrogen and oxygen atoms in total. The van der Waals surface area contributed by atoms with Crippen molar-refractivity contribution in [1.82, 2.24) is 19.1 Å². The number of amides is 1. The first-order valence-corrected chi connectivity index (χ1v) is 11.2. The molecule has 0 aliphatic carbocycles. The second-order valence-corrected chi connectivity index (χ2v) is 10.6. The number of carbonyl (C=O) groups is 1. The molecule has 0 spiro atoms. The summed E-state index contributed by atoms with van der Waals surface area (Å²) in [5, 5.41) is 0. The fourth-order valence-electron chi connectivity index (χ4n) is 2.94. The highest BCUT2D eigenvalue weighted by Crippen LogP contribution is 2.24. The van der Waals surface area contributed by atoms with Crippen LogP contribution in [0.25, 0.3) is 0 Å². The molecular formula is C16H21BrN4O3S2. The molecule has 0 unspecified atom stereocenters. The third-order valence-electron chi connectivity index (χ3n) is 4.45. The number of aryl methyl sites for hydroxylation is 1. The van der Waals surface area contributed by atoms with E-state index in [0.29, 0.717) is 18.8 Å². The van der Waals surface area contributed by atoms with Crippen molar-refractivity contribution >= 4 is 43.2 Å². The Morgan fingerprint density at radius 1 is 1.27 bits per heavy atom. The van der Waals surface area contributed by atoms with Crippen LogP contribution in [0.1, 0.15) is 15.4 Å². The Kier molecular flexibility index (Phi) is 5.88. The van der Waals surface area contributed by atoms with Gasteiger partial charge < -0.3 is 9.47 Å². The summed E-state index contributed by atoms with van der Waals surface area (Å²) in [5.41, 5.74) is 0.384. The van der Waals surface area contributed by atoms with Crippen LogP contribution in [0.3, 0.4) is 0 Å². The molecule has 0 radical (unpaired) electrons. The van der Waals surface area contributed by atoms with E-state index in [2.05, 4.69) is 31.6 Å². The van der Waals surface area contributed by atoms with Crippen molar-refractivity contribution in [2.45, 2.75) is 11.4 Å². The summed E-state index contributed by atoms with van der Waals surface area (Å²) in [5.74, 6) is -0.136. The standard InChI is InChI=1S/C16H21BrN4O3S2/c1-18-26(23,24)13-9-14(19(2)11-13)16(22)21-7-5-20(6-8-21)10-12-3-4-15(17)25-12/h3-4,9,11,18H,5-8,10H2,1-2H3. The number of carbonyl (C=O) groups excluding carboxylic acids is 1. The summed E-state index contributed by atoms with van der Waals surface area (Å²) in [6, 6.07) is 5.59. The highest BCUT2D eigenvalue weighted by molar-refractivity contribution is 9.11. The van der Waals surface area contributed by atoms with Crippen LogP contribution in [0, 0.1) is 0 Å². The lowest BCUT2D eigenvalue weighted by Gasteiger charge is -2.34. The molecule has 0 bridgehead atoms. The molecular weight excluding hydrogens is 440 g/mol. The van der Waals surface area contributed by atoms with Crippen LogP contribution in [0.2, 0.25) is 0 Å². The van der Waals surface area contributed by atoms with E-state index in [4.69, 9.17) is 0 Å². The van der Waals surface area contributed by atoms with Crippen molar-refractivity contribution in [2.75, 3.05) is 33.2 Å². The summed E-state index contributed by atoms with van der Waals surface area (Å²) in [6.45, 7) is 3.74. The van der Waals surface area contributed by atoms with Gasteiger partial charge >= 0.3 is 0 Å². The van der Waals surface area contributed by atoms with Crippen LogP contribution in [0.5, 0.6) is 0 Å². The number of nitrogens with zero attached hydrogens (tertiary/aromatic N) is 3. The maximum Gasteiger partial charge on any atom is 0.270 e. The SMILES string of the molecule is CNS(=O)(=O)c1cc(C(=O)N2CCN(Cc3ccc(Br)s3)CC2)n(C)c1. The molecule has 2 aromatic heterocycles. The molecule has 1 saturated heterocycles. The predicted molar refractivity (Wildman–Crippen MR) is 105 cm³/mol. The minimum absolute atomic E-state index is 0.104. The molecule has 142 valence electrons. The van der Waals surface area contributed by atoms with E-state index in [1.807, 2.05) is 6.07 Å². The quantitative estimate of drug-likeness (QED) is 0.736. The van der Waals surface area contributed by atoms with Gasteiger partial charge in [0.05, 0.1) is 3.79 Å². The average Bonchev–Trinajstić information content (AvgIpc) is 3.21. The summed E-state index contributed by atoms with van der Waals surface area (Å²) < 4.78 is 28.8. The number of halogens is 1. The molecule has 0 atom stereocenters. The third-order valence-corrected chi connectivity index (χ3v) is 7.44. The summed E-state index contributed by atoms with van der Waals surface area (Å²) >= 11 is 5.20. The summed E-state index contributed by atoms with van der Waals surface area (Å²) in [6.07, 6.45) is 1.46. The molecule has 0 aromatic carbocycles. The zero-order valence-corrected chi connectivity index (χ0v) is 17.8. The lowest BCUT2D eigenvalue weighted by atomic mass is 10.2. The maximum atomic E-state index is 12.8. The van der Waals surface area contributed by atoms with Gasteiger partial charge in [-0.25, -0.2) is 13.1 Å². The van der Waals surface area contributed by atoms with Crippen molar-refractivity contribution < 1.29 is 13.2 Å². The molecule has 1 aliphatic heterocycles. The molecule has 1 fully saturated rings. The van der Waals surface area contributed by atoms with E-state index >= 15 is 0 Å². The van der Waals surface area contributed by atoms with E-state index in [9.17, 15) is 13.2 Å². The predicted octanol–water partition coefficient (Wildman–Crippen LogP) is 1.72. The molecule has 1 amide bonds. The second-order valence-electron chi connectivity index (χ2n) is 6.15. The number of nitrogens with one attached hydrogen (secondary N) is 1. The smallest absolute Gasteiger partial charge is 0.270 e. The normalized spacial score (nSPS) is 16.2. The number of hydrogen-bond donors (Lipinski definition) is 1. The topological polar surface area (TPSA) is 74.7 Å². The summed E-state index contributed by atoms with van der Waals surface area (Å²) in [4.78, 5) is 18.3. The monoisotopic (exact) mass is 460 g/mol. The lowest BCUT2D eigenvalue weighted by molar-refractivity contribution is 0.0620. The van der Waals surface area contributed by atoms with Gasteiger partial charge in [0, 0.05) is 50.8 Å². The van der Waals surface area contributed by atoms with Gasteiger partial charge in [-0.05, 0) is 41.2 Å². The zero-order chi connectivity index (χ0) is 18.9. The zero-order valence-electron chi connectivity index (χ0n) is 14.6. The molecule has 1 N–H and O–H groups in total. The second kappa shape index (κ2) is 7.81. The highest BCUT2D eigenvalue weighted by atomic mass is 79.9. The molecule has 2 aromatic rings. The van der Waals surface area contributed by atoms with E-state index < -0.39 is 10.0 Å². The summed E-state index contributed by atoms with van der Waals surface area (Å²) in [7, 11) is -0.514. The minimum atomic E-state index is -3.56. The molecule has 1 aliphatic rings. The van der Waals surface area contributed by atoms with Crippen LogP contribution in [-0.2, 0) is 23.6 Å². The van der Waals surface area contributed by atoms with Crippen molar-refractivity contribution in [2.24, 2.45) is 7.05 Å². The third kappa shape index (κ3) is 4.20. The molecule has 3 heterocycles. The number of aromatic nitrogens is 1. The van der Waals surface area contributed by atoms with Crippen LogP contribution in [-0.4, -0.2) is 61.9 Å². The largest absolute Gasteiger partial charge is 0.345 e. The van der Waals surface area contributed by atoms with Gasteiger partial charge in [0.15, 0.2) is 0 Å². The van der Waals surface area contributed by atoms with Gasteiger partial charge in [-0.3, -0.25) is 9.69 Å². The molecule has 10 heteroatoms. The van der Waals surface area contributed by atoms with Crippen molar-refractivity contribution in [1.29, 1.82) is 0 Å². The maximum absolute atomic E-state index is 12.8. The average molecular weight is 461 g/mol. The number of piperazine rings is 1. The molecule has 3 rings (SSSR count). The van der Waals surface area contributed by atoms with Crippen molar-refractivity contribution in [3.8, 4) is 0 Å². The van der Waals surface area contributed by atoms with E-state index in [1.54, 1.807) is 27.9 Å². The Bertz CT molecular complexity index is 898. The molecule has 0 saturated carbocycles. The Morgan fingerprint density at radius 3 is 2.54 bits per heavy atom. The van der Waals surface area contributed by atoms with E-state index in [1.165, 1.54) is 24.2 Å². The number of thiophene rings is 1. The highest BCUT2D eigenvalue weighted by Gasteiger charge is 2.26. The van der Waals surface area contributed by atoms with Crippen LogP contribution >= 0.6 is 27.3 Å². The molecule has 26 heavy (non-hydrogen) atoms. The number of hydrogen-bond acceptors (Lipinski definition) is 5. The Labute approximate surface area is 165 Å². The first kappa shape index (κ1) is 19.6. The van der Waals surface area contributed by atoms with Gasteiger partial charge in [0.2, 0.25) is 10.0 Å². The Balaban J connectivity index is 1.63. The fourth-order valence-corrected chi connectivity index (χ4v) is 5.26. The van der Waals surface area contributed by atoms with Crippen molar-refractivity contribution in [3.63, 3.8) is 0 Å². The van der Waals surface area contributed by atoms with Gasteiger partial charge in [-0.2, -0.15) is 0 Å². The van der Waals surface area contributed by atoms with Gasteiger partial charge in [0.1, 0.15) is 10.6 Å². The van der Waals surface area contributed by atoms with Crippen LogP contribution in [0.4, 0.5) is 0 Å². The minimum Gasteiger partial charge on any atom is -0.345 e. The first-order valence-electron chi connectivity index (χ1n) is 8.16. The first-order chi connectivity index (χ1) is 12.3.